The van der Waals surface area contributed by atoms with Crippen molar-refractivity contribution < 1.29 is 9.53 Å². The minimum atomic E-state index is -0.0147. The molecule has 1 aromatic rings. The predicted molar refractivity (Wildman–Crippen MR) is 65.4 cm³/mol. The summed E-state index contributed by atoms with van der Waals surface area (Å²) in [4.78, 5) is 14.0. The van der Waals surface area contributed by atoms with Crippen LogP contribution < -0.4 is 0 Å². The van der Waals surface area contributed by atoms with E-state index < -0.39 is 0 Å². The summed E-state index contributed by atoms with van der Waals surface area (Å²) < 4.78 is 5.25. The second-order valence-electron chi connectivity index (χ2n) is 4.81. The monoisotopic (exact) mass is 247 g/mol. The number of morpholine rings is 1. The first-order chi connectivity index (χ1) is 8.84. The van der Waals surface area contributed by atoms with Gasteiger partial charge in [0.2, 0.25) is 0 Å². The molecule has 0 unspecified atom stereocenters. The summed E-state index contributed by atoms with van der Waals surface area (Å²) in [5.74, 6) is -0.0147. The zero-order valence-corrected chi connectivity index (χ0v) is 10.4. The molecule has 0 atom stereocenters. The van der Waals surface area contributed by atoms with Crippen LogP contribution in [0.1, 0.15) is 34.6 Å². The van der Waals surface area contributed by atoms with Crippen molar-refractivity contribution in [2.75, 3.05) is 26.3 Å². The highest BCUT2D eigenvalue weighted by molar-refractivity contribution is 5.92. The van der Waals surface area contributed by atoms with Gasteiger partial charge < -0.3 is 9.64 Å². The lowest BCUT2D eigenvalue weighted by molar-refractivity contribution is 0.0298. The van der Waals surface area contributed by atoms with Gasteiger partial charge in [-0.1, -0.05) is 0 Å². The molecular formula is C13H17N3O2. The van der Waals surface area contributed by atoms with E-state index >= 15 is 0 Å². The largest absolute Gasteiger partial charge is 0.378 e. The highest BCUT2D eigenvalue weighted by Crippen LogP contribution is 2.19. The molecule has 1 saturated heterocycles. The third-order valence-electron chi connectivity index (χ3n) is 3.59. The van der Waals surface area contributed by atoms with Gasteiger partial charge in [-0.25, -0.2) is 0 Å². The summed E-state index contributed by atoms with van der Waals surface area (Å²) in [6.07, 6.45) is 4.38. The second kappa shape index (κ2) is 5.02. The molecule has 0 spiro atoms. The van der Waals surface area contributed by atoms with E-state index in [1.807, 2.05) is 6.07 Å². The Morgan fingerprint density at radius 2 is 1.94 bits per heavy atom. The van der Waals surface area contributed by atoms with Crippen molar-refractivity contribution in [3.05, 3.63) is 23.0 Å². The number of hydrogen-bond donors (Lipinski definition) is 0. The molecule has 1 aliphatic heterocycles. The number of aromatic nitrogens is 2. The summed E-state index contributed by atoms with van der Waals surface area (Å²) in [6.45, 7) is 2.53. The van der Waals surface area contributed by atoms with Gasteiger partial charge in [0.05, 0.1) is 18.9 Å². The van der Waals surface area contributed by atoms with Gasteiger partial charge in [0.25, 0.3) is 5.91 Å². The zero-order valence-electron chi connectivity index (χ0n) is 10.4. The molecule has 96 valence electrons. The zero-order chi connectivity index (χ0) is 12.4. The Balaban J connectivity index is 1.80. The lowest BCUT2D eigenvalue weighted by Crippen LogP contribution is -2.41. The predicted octanol–water partition coefficient (Wildman–Crippen LogP) is 0.828. The normalized spacial score (nSPS) is 19.4. The van der Waals surface area contributed by atoms with Crippen molar-refractivity contribution in [2.24, 2.45) is 0 Å². The molecule has 2 heterocycles. The molecular weight excluding hydrogens is 230 g/mol. The van der Waals surface area contributed by atoms with Crippen molar-refractivity contribution in [1.29, 1.82) is 0 Å². The fourth-order valence-corrected chi connectivity index (χ4v) is 2.52. The van der Waals surface area contributed by atoms with Gasteiger partial charge >= 0.3 is 0 Å². The summed E-state index contributed by atoms with van der Waals surface area (Å²) in [7, 11) is 0. The number of nitrogens with zero attached hydrogens (tertiary/aromatic N) is 3. The first-order valence-corrected chi connectivity index (χ1v) is 6.57. The molecule has 5 heteroatoms. The van der Waals surface area contributed by atoms with Crippen molar-refractivity contribution in [2.45, 2.75) is 25.7 Å². The smallest absolute Gasteiger partial charge is 0.274 e. The van der Waals surface area contributed by atoms with Crippen LogP contribution in [-0.2, 0) is 17.6 Å². The van der Waals surface area contributed by atoms with Crippen LogP contribution in [0.3, 0.4) is 0 Å². The van der Waals surface area contributed by atoms with Gasteiger partial charge in [-0.2, -0.15) is 5.10 Å². The van der Waals surface area contributed by atoms with E-state index in [4.69, 9.17) is 4.74 Å². The van der Waals surface area contributed by atoms with Crippen molar-refractivity contribution >= 4 is 5.91 Å². The van der Waals surface area contributed by atoms with Gasteiger partial charge in [0, 0.05) is 13.1 Å². The number of carbonyl (C=O) groups is 1. The number of hydrogen-bond acceptors (Lipinski definition) is 4. The molecule has 0 bridgehead atoms. The molecule has 0 radical (unpaired) electrons. The van der Waals surface area contributed by atoms with E-state index in [1.165, 1.54) is 18.4 Å². The Kier molecular flexibility index (Phi) is 3.23. The van der Waals surface area contributed by atoms with E-state index in [-0.39, 0.29) is 5.91 Å². The number of fused-ring (bicyclic) bond motifs is 1. The highest BCUT2D eigenvalue weighted by atomic mass is 16.5. The average molecular weight is 247 g/mol. The van der Waals surface area contributed by atoms with Gasteiger partial charge in [-0.05, 0) is 37.3 Å². The Hall–Kier alpha value is -1.49. The van der Waals surface area contributed by atoms with E-state index in [0.29, 0.717) is 32.0 Å². The van der Waals surface area contributed by atoms with Crippen molar-refractivity contribution in [1.82, 2.24) is 15.1 Å². The molecule has 1 amide bonds. The standard InChI is InChI=1S/C13H17N3O2/c17-13(16-5-7-18-8-6-16)12-9-10-3-1-2-4-11(10)14-15-12/h9H,1-8H2. The average Bonchev–Trinajstić information content (AvgIpc) is 2.47. The van der Waals surface area contributed by atoms with Crippen LogP contribution in [0.5, 0.6) is 0 Å². The third-order valence-corrected chi connectivity index (χ3v) is 3.59. The van der Waals surface area contributed by atoms with Crippen LogP contribution in [0.25, 0.3) is 0 Å². The van der Waals surface area contributed by atoms with Crippen molar-refractivity contribution in [3.63, 3.8) is 0 Å². The summed E-state index contributed by atoms with van der Waals surface area (Å²) in [6, 6.07) is 1.93. The van der Waals surface area contributed by atoms with Gasteiger partial charge in [0.1, 0.15) is 0 Å². The molecule has 18 heavy (non-hydrogen) atoms. The Morgan fingerprint density at radius 1 is 1.17 bits per heavy atom. The van der Waals surface area contributed by atoms with E-state index in [0.717, 1.165) is 18.5 Å². The number of amides is 1. The molecule has 1 aromatic heterocycles. The second-order valence-corrected chi connectivity index (χ2v) is 4.81. The maximum Gasteiger partial charge on any atom is 0.274 e. The third kappa shape index (κ3) is 2.22. The number of carbonyl (C=O) groups excluding carboxylic acids is 1. The first kappa shape index (κ1) is 11.6. The fourth-order valence-electron chi connectivity index (χ4n) is 2.52. The molecule has 3 rings (SSSR count). The topological polar surface area (TPSA) is 55.3 Å². The van der Waals surface area contributed by atoms with E-state index in [1.54, 1.807) is 4.90 Å². The van der Waals surface area contributed by atoms with Crippen LogP contribution in [-0.4, -0.2) is 47.3 Å². The molecule has 2 aliphatic rings. The molecule has 1 aliphatic carbocycles. The highest BCUT2D eigenvalue weighted by Gasteiger charge is 2.22. The minimum absolute atomic E-state index is 0.0147. The van der Waals surface area contributed by atoms with E-state index in [2.05, 4.69) is 10.2 Å². The van der Waals surface area contributed by atoms with Crippen LogP contribution in [0.15, 0.2) is 6.07 Å². The number of aryl methyl sites for hydroxylation is 2. The van der Waals surface area contributed by atoms with Gasteiger partial charge in [0.15, 0.2) is 5.69 Å². The van der Waals surface area contributed by atoms with E-state index in [9.17, 15) is 4.79 Å². The lowest BCUT2D eigenvalue weighted by Gasteiger charge is -2.26. The van der Waals surface area contributed by atoms with Crippen molar-refractivity contribution in [3.8, 4) is 0 Å². The van der Waals surface area contributed by atoms with Crippen LogP contribution >= 0.6 is 0 Å². The molecule has 1 fully saturated rings. The summed E-state index contributed by atoms with van der Waals surface area (Å²) >= 11 is 0. The SMILES string of the molecule is O=C(c1cc2c(nn1)CCCC2)N1CCOCC1. The summed E-state index contributed by atoms with van der Waals surface area (Å²) in [5, 5.41) is 8.29. The minimum Gasteiger partial charge on any atom is -0.378 e. The molecule has 0 N–H and O–H groups in total. The fraction of sp³-hybridized carbons (Fsp3) is 0.615. The van der Waals surface area contributed by atoms with Crippen LogP contribution in [0, 0.1) is 0 Å². The van der Waals surface area contributed by atoms with Crippen LogP contribution in [0.4, 0.5) is 0 Å². The Morgan fingerprint density at radius 3 is 2.78 bits per heavy atom. The van der Waals surface area contributed by atoms with Gasteiger partial charge in [-0.3, -0.25) is 4.79 Å². The Bertz CT molecular complexity index is 456. The Labute approximate surface area is 106 Å². The first-order valence-electron chi connectivity index (χ1n) is 6.57. The number of rotatable bonds is 1. The van der Waals surface area contributed by atoms with Gasteiger partial charge in [-0.15, -0.1) is 5.10 Å². The maximum absolute atomic E-state index is 12.3. The lowest BCUT2D eigenvalue weighted by atomic mass is 9.96. The molecule has 0 saturated carbocycles. The number of ether oxygens (including phenoxy) is 1. The molecule has 5 nitrogen and oxygen atoms in total. The molecule has 0 aromatic carbocycles. The summed E-state index contributed by atoms with van der Waals surface area (Å²) in [5.41, 5.74) is 2.75. The van der Waals surface area contributed by atoms with Crippen LogP contribution in [0.2, 0.25) is 0 Å². The maximum atomic E-state index is 12.3. The quantitative estimate of drug-likeness (QED) is 0.737.